The van der Waals surface area contributed by atoms with Crippen molar-refractivity contribution in [2.75, 3.05) is 13.7 Å². The van der Waals surface area contributed by atoms with Crippen molar-refractivity contribution < 1.29 is 14.6 Å². The first-order valence-electron chi connectivity index (χ1n) is 10.3. The number of hydrogen-bond donors (Lipinski definition) is 1. The minimum absolute atomic E-state index is 0.124. The predicted octanol–water partition coefficient (Wildman–Crippen LogP) is 2.54. The van der Waals surface area contributed by atoms with Crippen molar-refractivity contribution in [3.63, 3.8) is 0 Å². The van der Waals surface area contributed by atoms with E-state index in [1.54, 1.807) is 32.4 Å². The largest absolute Gasteiger partial charge is 0.508 e. The van der Waals surface area contributed by atoms with Gasteiger partial charge >= 0.3 is 5.69 Å². The Hall–Kier alpha value is -3.78. The van der Waals surface area contributed by atoms with E-state index >= 15 is 0 Å². The van der Waals surface area contributed by atoms with E-state index in [0.29, 0.717) is 29.8 Å². The van der Waals surface area contributed by atoms with E-state index in [2.05, 4.69) is 4.57 Å². The Kier molecular flexibility index (Phi) is 4.67. The van der Waals surface area contributed by atoms with Gasteiger partial charge in [-0.25, -0.2) is 4.79 Å². The molecule has 32 heavy (non-hydrogen) atoms. The highest BCUT2D eigenvalue weighted by molar-refractivity contribution is 5.96. The molecule has 0 radical (unpaired) electrons. The summed E-state index contributed by atoms with van der Waals surface area (Å²) in [7, 11) is 4.75. The zero-order valence-electron chi connectivity index (χ0n) is 18.0. The lowest BCUT2D eigenvalue weighted by molar-refractivity contribution is 0.0477. The highest BCUT2D eigenvalue weighted by Gasteiger charge is 2.33. The summed E-state index contributed by atoms with van der Waals surface area (Å²) in [5.74, 6) is 0.837. The third kappa shape index (κ3) is 2.87. The lowest BCUT2D eigenvalue weighted by Gasteiger charge is -2.27. The number of phenolic OH excluding ortho intramolecular Hbond substituents is 1. The number of methoxy groups -OCH3 is 1. The van der Waals surface area contributed by atoms with Gasteiger partial charge in [0.15, 0.2) is 0 Å². The molecule has 0 aliphatic carbocycles. The van der Waals surface area contributed by atoms with E-state index in [0.717, 1.165) is 27.1 Å². The fraction of sp³-hybridized carbons (Fsp3) is 0.250. The molecule has 8 heteroatoms. The number of aryl methyl sites for hydroxylation is 1. The summed E-state index contributed by atoms with van der Waals surface area (Å²) in [6, 6.07) is 14.4. The van der Waals surface area contributed by atoms with Crippen molar-refractivity contribution in [2.45, 2.75) is 12.6 Å². The molecule has 1 atom stereocenters. The summed E-state index contributed by atoms with van der Waals surface area (Å²) in [4.78, 5) is 26.2. The molecular formula is C24H23N3O5. The third-order valence-corrected chi connectivity index (χ3v) is 6.09. The van der Waals surface area contributed by atoms with Gasteiger partial charge in [0.25, 0.3) is 5.56 Å². The van der Waals surface area contributed by atoms with Crippen molar-refractivity contribution in [3.8, 4) is 22.8 Å². The van der Waals surface area contributed by atoms with Gasteiger partial charge in [0, 0.05) is 20.6 Å². The first-order valence-corrected chi connectivity index (χ1v) is 10.3. The number of benzene rings is 2. The number of phenols is 1. The average Bonchev–Trinajstić information content (AvgIpc) is 3.17. The van der Waals surface area contributed by atoms with Gasteiger partial charge in [-0.1, -0.05) is 12.1 Å². The van der Waals surface area contributed by atoms with Crippen molar-refractivity contribution in [3.05, 3.63) is 80.6 Å². The standard InChI is InChI=1S/C24H23N3O5/c1-25-20-18(23(29)26(2)24(25)30)19(14-7-9-17(31-3)10-8-14)27-11-12-32-22(21(20)27)15-5-4-6-16(28)13-15/h4-10,13,22,28H,11-12H2,1-3H3. The molecule has 164 valence electrons. The second-order valence-electron chi connectivity index (χ2n) is 7.89. The molecule has 0 bridgehead atoms. The van der Waals surface area contributed by atoms with Crippen LogP contribution in [0.5, 0.6) is 11.5 Å². The molecule has 0 amide bonds. The lowest BCUT2D eigenvalue weighted by Crippen LogP contribution is -2.37. The molecule has 0 saturated heterocycles. The summed E-state index contributed by atoms with van der Waals surface area (Å²) >= 11 is 0. The fourth-order valence-corrected chi connectivity index (χ4v) is 4.57. The monoisotopic (exact) mass is 433 g/mol. The Balaban J connectivity index is 1.91. The molecular weight excluding hydrogens is 410 g/mol. The van der Waals surface area contributed by atoms with E-state index in [1.165, 1.54) is 11.6 Å². The Morgan fingerprint density at radius 1 is 1.06 bits per heavy atom. The number of ether oxygens (including phenoxy) is 2. The normalized spacial score (nSPS) is 15.7. The Morgan fingerprint density at radius 2 is 1.81 bits per heavy atom. The molecule has 0 fully saturated rings. The van der Waals surface area contributed by atoms with Crippen LogP contribution in [0.3, 0.4) is 0 Å². The van der Waals surface area contributed by atoms with Gasteiger partial charge in [-0.05, 0) is 47.5 Å². The number of nitrogens with zero attached hydrogens (tertiary/aromatic N) is 3. The summed E-state index contributed by atoms with van der Waals surface area (Å²) in [5.41, 5.74) is 2.83. The predicted molar refractivity (Wildman–Crippen MR) is 120 cm³/mol. The van der Waals surface area contributed by atoms with Gasteiger partial charge in [-0.3, -0.25) is 13.9 Å². The van der Waals surface area contributed by atoms with Crippen LogP contribution in [-0.4, -0.2) is 32.5 Å². The molecule has 1 unspecified atom stereocenters. The number of rotatable bonds is 3. The highest BCUT2D eigenvalue weighted by atomic mass is 16.5. The molecule has 4 aromatic rings. The molecule has 1 aliphatic rings. The number of fused-ring (bicyclic) bond motifs is 3. The molecule has 2 aromatic carbocycles. The lowest BCUT2D eigenvalue weighted by atomic mass is 10.0. The van der Waals surface area contributed by atoms with Crippen LogP contribution in [0.1, 0.15) is 17.4 Å². The van der Waals surface area contributed by atoms with Crippen molar-refractivity contribution in [1.29, 1.82) is 0 Å². The number of hydrogen-bond acceptors (Lipinski definition) is 5. The van der Waals surface area contributed by atoms with Gasteiger partial charge in [0.1, 0.15) is 17.6 Å². The summed E-state index contributed by atoms with van der Waals surface area (Å²) < 4.78 is 16.1. The Labute approximate surface area is 183 Å². The van der Waals surface area contributed by atoms with E-state index in [9.17, 15) is 14.7 Å². The molecule has 1 N–H and O–H groups in total. The van der Waals surface area contributed by atoms with Crippen LogP contribution in [0.25, 0.3) is 22.2 Å². The zero-order valence-corrected chi connectivity index (χ0v) is 18.0. The van der Waals surface area contributed by atoms with Crippen LogP contribution in [0.4, 0.5) is 0 Å². The van der Waals surface area contributed by atoms with Crippen LogP contribution in [0, 0.1) is 0 Å². The van der Waals surface area contributed by atoms with Crippen LogP contribution < -0.4 is 16.0 Å². The summed E-state index contributed by atoms with van der Waals surface area (Å²) in [6.07, 6.45) is -0.539. The maximum Gasteiger partial charge on any atom is 0.331 e. The Morgan fingerprint density at radius 3 is 2.50 bits per heavy atom. The van der Waals surface area contributed by atoms with Crippen molar-refractivity contribution in [1.82, 2.24) is 13.7 Å². The summed E-state index contributed by atoms with van der Waals surface area (Å²) in [6.45, 7) is 0.948. The van der Waals surface area contributed by atoms with E-state index in [-0.39, 0.29) is 11.3 Å². The first-order chi connectivity index (χ1) is 15.4. The van der Waals surface area contributed by atoms with Crippen LogP contribution in [0.15, 0.2) is 58.1 Å². The van der Waals surface area contributed by atoms with Crippen LogP contribution in [0.2, 0.25) is 0 Å². The maximum atomic E-state index is 13.4. The van der Waals surface area contributed by atoms with Gasteiger partial charge < -0.3 is 19.1 Å². The van der Waals surface area contributed by atoms with Gasteiger partial charge in [-0.15, -0.1) is 0 Å². The maximum absolute atomic E-state index is 13.4. The van der Waals surface area contributed by atoms with Gasteiger partial charge in [-0.2, -0.15) is 0 Å². The molecule has 2 aromatic heterocycles. The summed E-state index contributed by atoms with van der Waals surface area (Å²) in [5, 5.41) is 10.5. The molecule has 0 saturated carbocycles. The minimum Gasteiger partial charge on any atom is -0.508 e. The van der Waals surface area contributed by atoms with Gasteiger partial charge in [0.05, 0.1) is 36.0 Å². The highest BCUT2D eigenvalue weighted by Crippen LogP contribution is 2.41. The van der Waals surface area contributed by atoms with Crippen LogP contribution in [-0.2, 0) is 25.4 Å². The van der Waals surface area contributed by atoms with E-state index in [4.69, 9.17) is 9.47 Å². The quantitative estimate of drug-likeness (QED) is 0.537. The van der Waals surface area contributed by atoms with E-state index in [1.807, 2.05) is 30.3 Å². The second-order valence-corrected chi connectivity index (χ2v) is 7.89. The van der Waals surface area contributed by atoms with E-state index < -0.39 is 11.8 Å². The third-order valence-electron chi connectivity index (χ3n) is 6.09. The van der Waals surface area contributed by atoms with Gasteiger partial charge in [0.2, 0.25) is 0 Å². The van der Waals surface area contributed by atoms with Crippen molar-refractivity contribution in [2.24, 2.45) is 14.1 Å². The molecule has 3 heterocycles. The SMILES string of the molecule is COc1ccc(-c2c3c(=O)n(C)c(=O)n(C)c3c3n2CCOC3c2cccc(O)c2)cc1. The molecule has 5 rings (SSSR count). The van der Waals surface area contributed by atoms with Crippen LogP contribution >= 0.6 is 0 Å². The minimum atomic E-state index is -0.539. The smallest absolute Gasteiger partial charge is 0.331 e. The van der Waals surface area contributed by atoms with Crippen molar-refractivity contribution >= 4 is 10.9 Å². The molecule has 8 nitrogen and oxygen atoms in total. The fourth-order valence-electron chi connectivity index (χ4n) is 4.57. The molecule has 1 aliphatic heterocycles. The average molecular weight is 433 g/mol. The first kappa shape index (κ1) is 20.1. The zero-order chi connectivity index (χ0) is 22.6. The molecule has 0 spiro atoms. The number of aromatic hydroxyl groups is 1. The second kappa shape index (κ2) is 7.42. The number of aromatic nitrogens is 3. The Bertz CT molecular complexity index is 1460. The topological polar surface area (TPSA) is 87.6 Å².